The van der Waals surface area contributed by atoms with Gasteiger partial charge in [-0.2, -0.15) is 0 Å². The summed E-state index contributed by atoms with van der Waals surface area (Å²) in [6.07, 6.45) is 5.30. The van der Waals surface area contributed by atoms with Gasteiger partial charge in [-0.15, -0.1) is 0 Å². The largest absolute Gasteiger partial charge is 0.385 e. The maximum atomic E-state index is 12.2. The van der Waals surface area contributed by atoms with Crippen molar-refractivity contribution in [3.63, 3.8) is 0 Å². The van der Waals surface area contributed by atoms with Gasteiger partial charge in [0.1, 0.15) is 0 Å². The van der Waals surface area contributed by atoms with Gasteiger partial charge in [0.05, 0.1) is 0 Å². The van der Waals surface area contributed by atoms with Gasteiger partial charge in [0.15, 0.2) is 5.78 Å². The summed E-state index contributed by atoms with van der Waals surface area (Å²) in [5.74, 6) is 0.414. The van der Waals surface area contributed by atoms with E-state index < -0.39 is 0 Å². The van der Waals surface area contributed by atoms with E-state index in [4.69, 9.17) is 11.6 Å². The van der Waals surface area contributed by atoms with Gasteiger partial charge in [0.2, 0.25) is 0 Å². The molecule has 1 atom stereocenters. The Labute approximate surface area is 147 Å². The van der Waals surface area contributed by atoms with Crippen molar-refractivity contribution in [1.29, 1.82) is 0 Å². The average Bonchev–Trinajstić information content (AvgIpc) is 2.96. The van der Waals surface area contributed by atoms with Gasteiger partial charge < -0.3 is 5.32 Å². The van der Waals surface area contributed by atoms with Crippen molar-refractivity contribution in [2.24, 2.45) is 0 Å². The van der Waals surface area contributed by atoms with Crippen molar-refractivity contribution in [3.8, 4) is 0 Å². The van der Waals surface area contributed by atoms with E-state index in [1.54, 1.807) is 6.08 Å². The topological polar surface area (TPSA) is 29.1 Å². The first-order chi connectivity index (χ1) is 11.7. The number of carbonyl (C=O) groups excluding carboxylic acids is 1. The Balaban J connectivity index is 1.47. The maximum absolute atomic E-state index is 12.2. The summed E-state index contributed by atoms with van der Waals surface area (Å²) < 4.78 is 0. The second kappa shape index (κ2) is 6.45. The number of nitrogens with one attached hydrogen (secondary N) is 1. The number of hydrogen-bond acceptors (Lipinski definition) is 2. The predicted molar refractivity (Wildman–Crippen MR) is 97.3 cm³/mol. The van der Waals surface area contributed by atoms with Crippen LogP contribution < -0.4 is 5.32 Å². The van der Waals surface area contributed by atoms with E-state index in [0.29, 0.717) is 12.5 Å². The molecule has 0 saturated carbocycles. The summed E-state index contributed by atoms with van der Waals surface area (Å²) in [5, 5.41) is 4.35. The molecule has 0 fully saturated rings. The summed E-state index contributed by atoms with van der Waals surface area (Å²) in [6.45, 7) is 0. The average molecular weight is 338 g/mol. The Hall–Kier alpha value is -2.06. The molecule has 24 heavy (non-hydrogen) atoms. The second-order valence-corrected chi connectivity index (χ2v) is 7.25. The lowest BCUT2D eigenvalue weighted by atomic mass is 9.85. The van der Waals surface area contributed by atoms with Crippen LogP contribution in [0.5, 0.6) is 0 Å². The monoisotopic (exact) mass is 337 g/mol. The van der Waals surface area contributed by atoms with Crippen molar-refractivity contribution in [3.05, 3.63) is 82.0 Å². The number of rotatable bonds is 3. The fourth-order valence-electron chi connectivity index (χ4n) is 3.91. The molecule has 4 rings (SSSR count). The van der Waals surface area contributed by atoms with Crippen LogP contribution >= 0.6 is 11.6 Å². The first-order valence-corrected chi connectivity index (χ1v) is 8.87. The summed E-state index contributed by atoms with van der Waals surface area (Å²) in [5.41, 5.74) is 5.06. The normalized spacial score (nSPS) is 20.6. The van der Waals surface area contributed by atoms with Crippen LogP contribution in [0.25, 0.3) is 0 Å². The fraction of sp³-hybridized carbons (Fsp3) is 0.286. The van der Waals surface area contributed by atoms with E-state index in [9.17, 15) is 4.79 Å². The number of fused-ring (bicyclic) bond motifs is 1. The molecular weight excluding hydrogens is 318 g/mol. The molecule has 0 aromatic heterocycles. The van der Waals surface area contributed by atoms with Crippen molar-refractivity contribution >= 4 is 17.4 Å². The minimum absolute atomic E-state index is 0.198. The Kier molecular flexibility index (Phi) is 4.15. The summed E-state index contributed by atoms with van der Waals surface area (Å²) in [7, 11) is 0. The maximum Gasteiger partial charge on any atom is 0.158 e. The summed E-state index contributed by atoms with van der Waals surface area (Å²) in [4.78, 5) is 12.2. The molecular formula is C21H20ClNO. The molecule has 3 heteroatoms. The lowest BCUT2D eigenvalue weighted by Gasteiger charge is -2.26. The van der Waals surface area contributed by atoms with E-state index >= 15 is 0 Å². The Morgan fingerprint density at radius 3 is 2.38 bits per heavy atom. The molecule has 2 aliphatic carbocycles. The molecule has 2 aliphatic rings. The number of ketones is 1. The highest BCUT2D eigenvalue weighted by atomic mass is 35.5. The van der Waals surface area contributed by atoms with Gasteiger partial charge in [0, 0.05) is 29.3 Å². The lowest BCUT2D eigenvalue weighted by Crippen LogP contribution is -2.32. The highest BCUT2D eigenvalue weighted by molar-refractivity contribution is 6.30. The molecule has 0 radical (unpaired) electrons. The van der Waals surface area contributed by atoms with Crippen LogP contribution in [0, 0.1) is 0 Å². The van der Waals surface area contributed by atoms with Crippen molar-refractivity contribution < 1.29 is 4.79 Å². The Bertz CT molecular complexity index is 786. The van der Waals surface area contributed by atoms with E-state index in [1.165, 1.54) is 11.1 Å². The SMILES string of the molecule is O=C1C=C(NC2Cc3ccccc3C2)C[C@@H](c2cccc(Cl)c2)C1. The van der Waals surface area contributed by atoms with Gasteiger partial charge in [-0.1, -0.05) is 48.0 Å². The molecule has 2 nitrogen and oxygen atoms in total. The Morgan fingerprint density at radius 1 is 0.917 bits per heavy atom. The highest BCUT2D eigenvalue weighted by Crippen LogP contribution is 2.32. The molecule has 2 aromatic carbocycles. The summed E-state index contributed by atoms with van der Waals surface area (Å²) >= 11 is 6.11. The van der Waals surface area contributed by atoms with E-state index in [2.05, 4.69) is 35.6 Å². The van der Waals surface area contributed by atoms with E-state index in [1.807, 2.05) is 18.2 Å². The molecule has 0 aliphatic heterocycles. The van der Waals surface area contributed by atoms with Gasteiger partial charge in [0.25, 0.3) is 0 Å². The number of benzene rings is 2. The Morgan fingerprint density at radius 2 is 1.67 bits per heavy atom. The van der Waals surface area contributed by atoms with Gasteiger partial charge in [-0.3, -0.25) is 4.79 Å². The third-order valence-electron chi connectivity index (χ3n) is 5.01. The zero-order chi connectivity index (χ0) is 16.5. The molecule has 0 unspecified atom stereocenters. The third-order valence-corrected chi connectivity index (χ3v) is 5.24. The zero-order valence-electron chi connectivity index (χ0n) is 13.5. The first-order valence-electron chi connectivity index (χ1n) is 8.49. The first kappa shape index (κ1) is 15.5. The third kappa shape index (κ3) is 3.25. The predicted octanol–water partition coefficient (Wildman–Crippen LogP) is 4.43. The van der Waals surface area contributed by atoms with Crippen molar-refractivity contribution in [1.82, 2.24) is 5.32 Å². The minimum atomic E-state index is 0.198. The lowest BCUT2D eigenvalue weighted by molar-refractivity contribution is -0.115. The molecule has 0 spiro atoms. The zero-order valence-corrected chi connectivity index (χ0v) is 14.2. The number of allylic oxidation sites excluding steroid dienone is 2. The van der Waals surface area contributed by atoms with Gasteiger partial charge in [-0.05, 0) is 54.0 Å². The quantitative estimate of drug-likeness (QED) is 0.897. The van der Waals surface area contributed by atoms with Gasteiger partial charge in [-0.25, -0.2) is 0 Å². The van der Waals surface area contributed by atoms with Crippen LogP contribution in [0.15, 0.2) is 60.3 Å². The van der Waals surface area contributed by atoms with Crippen LogP contribution in [0.2, 0.25) is 5.02 Å². The summed E-state index contributed by atoms with van der Waals surface area (Å²) in [6, 6.07) is 16.9. The molecule has 0 heterocycles. The molecule has 0 bridgehead atoms. The van der Waals surface area contributed by atoms with Crippen LogP contribution in [-0.4, -0.2) is 11.8 Å². The van der Waals surface area contributed by atoms with E-state index in [0.717, 1.165) is 35.5 Å². The standard InChI is InChI=1S/C21H20ClNO/c22-18-7-3-6-14(8-18)17-11-20(13-21(24)12-17)23-19-9-15-4-1-2-5-16(15)10-19/h1-8,13,17,19,23H,9-12H2/t17-/m1/s1. The number of carbonyl (C=O) groups is 1. The van der Waals surface area contributed by atoms with Crippen molar-refractivity contribution in [2.75, 3.05) is 0 Å². The molecule has 1 N–H and O–H groups in total. The number of hydrogen-bond donors (Lipinski definition) is 1. The minimum Gasteiger partial charge on any atom is -0.385 e. The second-order valence-electron chi connectivity index (χ2n) is 6.81. The smallest absolute Gasteiger partial charge is 0.158 e. The molecule has 0 amide bonds. The molecule has 122 valence electrons. The molecule has 0 saturated heterocycles. The van der Waals surface area contributed by atoms with E-state index in [-0.39, 0.29) is 11.7 Å². The van der Waals surface area contributed by atoms with Crippen molar-refractivity contribution in [2.45, 2.75) is 37.6 Å². The molecule has 2 aromatic rings. The number of halogens is 1. The van der Waals surface area contributed by atoms with Crippen LogP contribution in [0.4, 0.5) is 0 Å². The van der Waals surface area contributed by atoms with Crippen LogP contribution in [-0.2, 0) is 17.6 Å². The highest BCUT2D eigenvalue weighted by Gasteiger charge is 2.26. The fourth-order valence-corrected chi connectivity index (χ4v) is 4.11. The van der Waals surface area contributed by atoms with Crippen LogP contribution in [0.3, 0.4) is 0 Å². The van der Waals surface area contributed by atoms with Gasteiger partial charge >= 0.3 is 0 Å². The van der Waals surface area contributed by atoms with Crippen LogP contribution in [0.1, 0.15) is 35.4 Å².